The lowest BCUT2D eigenvalue weighted by Gasteiger charge is -2.12. The van der Waals surface area contributed by atoms with E-state index in [2.05, 4.69) is 20.3 Å². The molecule has 5 nitrogen and oxygen atoms in total. The normalized spacial score (nSPS) is 14.6. The second kappa shape index (κ2) is 7.61. The fraction of sp³-hybridized carbons (Fsp3) is 0.333. The highest BCUT2D eigenvalue weighted by molar-refractivity contribution is 6.30. The molecule has 0 unspecified atom stereocenters. The minimum Gasteiger partial charge on any atom is -0.348 e. The van der Waals surface area contributed by atoms with E-state index in [1.54, 1.807) is 6.20 Å². The summed E-state index contributed by atoms with van der Waals surface area (Å²) < 4.78 is 0. The quantitative estimate of drug-likeness (QED) is 0.673. The zero-order chi connectivity index (χ0) is 18.8. The van der Waals surface area contributed by atoms with Crippen molar-refractivity contribution in [2.45, 2.75) is 45.1 Å². The zero-order valence-corrected chi connectivity index (χ0v) is 16.0. The van der Waals surface area contributed by atoms with Crippen LogP contribution < -0.4 is 5.32 Å². The van der Waals surface area contributed by atoms with E-state index in [0.717, 1.165) is 16.6 Å². The summed E-state index contributed by atoms with van der Waals surface area (Å²) in [6.45, 7) is 2.15. The van der Waals surface area contributed by atoms with Crippen LogP contribution in [0.4, 0.5) is 0 Å². The van der Waals surface area contributed by atoms with Gasteiger partial charge in [-0.3, -0.25) is 4.79 Å². The summed E-state index contributed by atoms with van der Waals surface area (Å²) in [6.07, 6.45) is 6.58. The zero-order valence-electron chi connectivity index (χ0n) is 15.2. The molecule has 1 fully saturated rings. The van der Waals surface area contributed by atoms with Crippen LogP contribution in [0, 0.1) is 6.92 Å². The van der Waals surface area contributed by atoms with Crippen LogP contribution in [0.1, 0.15) is 58.9 Å². The first-order valence-electron chi connectivity index (χ1n) is 9.27. The molecule has 3 aromatic heterocycles. The molecular formula is C21H21ClN4O. The van der Waals surface area contributed by atoms with Gasteiger partial charge >= 0.3 is 0 Å². The summed E-state index contributed by atoms with van der Waals surface area (Å²) in [5, 5.41) is 4.24. The molecule has 4 rings (SSSR count). The molecule has 3 aromatic rings. The van der Waals surface area contributed by atoms with Gasteiger partial charge in [-0.1, -0.05) is 30.5 Å². The van der Waals surface area contributed by atoms with Crippen molar-refractivity contribution in [3.05, 3.63) is 64.2 Å². The lowest BCUT2D eigenvalue weighted by Crippen LogP contribution is -2.24. The van der Waals surface area contributed by atoms with E-state index in [1.165, 1.54) is 25.7 Å². The Morgan fingerprint density at radius 3 is 2.81 bits per heavy atom. The number of hydrogen-bond donors (Lipinski definition) is 1. The SMILES string of the molecule is Cc1nc2ncccc2cc1C(=O)NCc1ccc(C2CCCC2)nc1Cl. The number of pyridine rings is 3. The van der Waals surface area contributed by atoms with Crippen LogP contribution in [-0.2, 0) is 6.54 Å². The Labute approximate surface area is 163 Å². The minimum atomic E-state index is -0.179. The van der Waals surface area contributed by atoms with E-state index < -0.39 is 0 Å². The van der Waals surface area contributed by atoms with Gasteiger partial charge in [0.05, 0.1) is 11.3 Å². The van der Waals surface area contributed by atoms with E-state index >= 15 is 0 Å². The van der Waals surface area contributed by atoms with Gasteiger partial charge in [0.2, 0.25) is 0 Å². The second-order valence-electron chi connectivity index (χ2n) is 7.02. The molecular weight excluding hydrogens is 360 g/mol. The molecule has 6 heteroatoms. The Morgan fingerprint density at radius 1 is 1.22 bits per heavy atom. The molecule has 0 aromatic carbocycles. The summed E-state index contributed by atoms with van der Waals surface area (Å²) in [4.78, 5) is 25.8. The maximum absolute atomic E-state index is 12.6. The van der Waals surface area contributed by atoms with E-state index in [1.807, 2.05) is 37.3 Å². The smallest absolute Gasteiger partial charge is 0.253 e. The lowest BCUT2D eigenvalue weighted by atomic mass is 10.0. The number of halogens is 1. The molecule has 1 saturated carbocycles. The van der Waals surface area contributed by atoms with Crippen molar-refractivity contribution in [1.82, 2.24) is 20.3 Å². The molecule has 0 radical (unpaired) electrons. The molecule has 27 heavy (non-hydrogen) atoms. The first-order valence-corrected chi connectivity index (χ1v) is 9.65. The number of amides is 1. The largest absolute Gasteiger partial charge is 0.348 e. The number of nitrogens with zero attached hydrogens (tertiary/aromatic N) is 3. The second-order valence-corrected chi connectivity index (χ2v) is 7.38. The van der Waals surface area contributed by atoms with Gasteiger partial charge in [-0.05, 0) is 44.0 Å². The number of nitrogens with one attached hydrogen (secondary N) is 1. The van der Waals surface area contributed by atoms with Gasteiger partial charge in [-0.25, -0.2) is 15.0 Å². The van der Waals surface area contributed by atoms with E-state index in [4.69, 9.17) is 11.6 Å². The van der Waals surface area contributed by atoms with Crippen molar-refractivity contribution in [3.63, 3.8) is 0 Å². The molecule has 0 spiro atoms. The lowest BCUT2D eigenvalue weighted by molar-refractivity contribution is 0.0950. The fourth-order valence-electron chi connectivity index (χ4n) is 3.65. The van der Waals surface area contributed by atoms with E-state index in [-0.39, 0.29) is 5.91 Å². The van der Waals surface area contributed by atoms with Crippen LogP contribution in [0.25, 0.3) is 11.0 Å². The first-order chi connectivity index (χ1) is 13.1. The molecule has 0 saturated heterocycles. The van der Waals surface area contributed by atoms with Crippen LogP contribution >= 0.6 is 11.6 Å². The van der Waals surface area contributed by atoms with Crippen LogP contribution in [0.5, 0.6) is 0 Å². The molecule has 1 aliphatic carbocycles. The van der Waals surface area contributed by atoms with Gasteiger partial charge in [-0.2, -0.15) is 0 Å². The monoisotopic (exact) mass is 380 g/mol. The van der Waals surface area contributed by atoms with Crippen molar-refractivity contribution in [1.29, 1.82) is 0 Å². The Balaban J connectivity index is 1.48. The van der Waals surface area contributed by atoms with Crippen molar-refractivity contribution in [2.24, 2.45) is 0 Å². The van der Waals surface area contributed by atoms with Gasteiger partial charge in [0.25, 0.3) is 5.91 Å². The number of carbonyl (C=O) groups excluding carboxylic acids is 1. The summed E-state index contributed by atoms with van der Waals surface area (Å²) in [5.74, 6) is 0.341. The maximum atomic E-state index is 12.6. The predicted octanol–water partition coefficient (Wildman–Crippen LogP) is 4.57. The topological polar surface area (TPSA) is 67.8 Å². The molecule has 0 aliphatic heterocycles. The molecule has 1 N–H and O–H groups in total. The summed E-state index contributed by atoms with van der Waals surface area (Å²) >= 11 is 6.36. The molecule has 1 amide bonds. The highest BCUT2D eigenvalue weighted by Crippen LogP contribution is 2.33. The van der Waals surface area contributed by atoms with E-state index in [9.17, 15) is 4.79 Å². The third kappa shape index (κ3) is 3.78. The summed E-state index contributed by atoms with van der Waals surface area (Å²) in [5.41, 5.74) is 3.72. The van der Waals surface area contributed by atoms with Crippen molar-refractivity contribution < 1.29 is 4.79 Å². The average molecular weight is 381 g/mol. The highest BCUT2D eigenvalue weighted by atomic mass is 35.5. The maximum Gasteiger partial charge on any atom is 0.253 e. The Kier molecular flexibility index (Phi) is 5.03. The number of rotatable bonds is 4. The van der Waals surface area contributed by atoms with Gasteiger partial charge in [-0.15, -0.1) is 0 Å². The molecule has 3 heterocycles. The van der Waals surface area contributed by atoms with Crippen molar-refractivity contribution in [2.75, 3.05) is 0 Å². The molecule has 138 valence electrons. The number of aromatic nitrogens is 3. The molecule has 0 atom stereocenters. The highest BCUT2D eigenvalue weighted by Gasteiger charge is 2.19. The Bertz CT molecular complexity index is 999. The van der Waals surface area contributed by atoms with Crippen molar-refractivity contribution in [3.8, 4) is 0 Å². The average Bonchev–Trinajstić information content (AvgIpc) is 3.21. The number of hydrogen-bond acceptors (Lipinski definition) is 4. The third-order valence-electron chi connectivity index (χ3n) is 5.19. The van der Waals surface area contributed by atoms with Crippen LogP contribution in [0.15, 0.2) is 36.5 Å². The molecule has 1 aliphatic rings. The molecule has 0 bridgehead atoms. The summed E-state index contributed by atoms with van der Waals surface area (Å²) in [7, 11) is 0. The van der Waals surface area contributed by atoms with Gasteiger partial charge < -0.3 is 5.32 Å². The summed E-state index contributed by atoms with van der Waals surface area (Å²) in [6, 6.07) is 9.56. The predicted molar refractivity (Wildman–Crippen MR) is 106 cm³/mol. The minimum absolute atomic E-state index is 0.179. The Hall–Kier alpha value is -2.53. The van der Waals surface area contributed by atoms with Gasteiger partial charge in [0, 0.05) is 35.3 Å². The fourth-order valence-corrected chi connectivity index (χ4v) is 3.88. The van der Waals surface area contributed by atoms with Crippen molar-refractivity contribution >= 4 is 28.5 Å². The standard InChI is InChI=1S/C21H21ClN4O/c1-13-17(11-15-7-4-10-23-20(15)25-13)21(27)24-12-16-8-9-18(26-19(16)22)14-5-2-3-6-14/h4,7-11,14H,2-3,5-6,12H2,1H3,(H,24,27). The number of carbonyl (C=O) groups is 1. The third-order valence-corrected chi connectivity index (χ3v) is 5.51. The van der Waals surface area contributed by atoms with Crippen LogP contribution in [0.2, 0.25) is 5.15 Å². The van der Waals surface area contributed by atoms with Gasteiger partial charge in [0.15, 0.2) is 5.65 Å². The number of aryl methyl sites for hydroxylation is 1. The van der Waals surface area contributed by atoms with Crippen LogP contribution in [0.3, 0.4) is 0 Å². The van der Waals surface area contributed by atoms with Gasteiger partial charge in [0.1, 0.15) is 5.15 Å². The van der Waals surface area contributed by atoms with Crippen LogP contribution in [-0.4, -0.2) is 20.9 Å². The first kappa shape index (κ1) is 17.9. The van der Waals surface area contributed by atoms with E-state index in [0.29, 0.717) is 34.5 Å². The Morgan fingerprint density at radius 2 is 2.04 bits per heavy atom. The number of fused-ring (bicyclic) bond motifs is 1.